The quantitative estimate of drug-likeness (QED) is 0.594. The molecule has 0 bridgehead atoms. The number of aromatic nitrogens is 2. The summed E-state index contributed by atoms with van der Waals surface area (Å²) in [7, 11) is 1.50. The molecule has 1 N–H and O–H groups in total. The maximum absolute atomic E-state index is 12.2. The molecule has 5 atom stereocenters. The molecule has 9 heteroatoms. The van der Waals surface area contributed by atoms with Gasteiger partial charge in [-0.15, -0.1) is 0 Å². The van der Waals surface area contributed by atoms with E-state index in [0.29, 0.717) is 0 Å². The van der Waals surface area contributed by atoms with Crippen LogP contribution in [0.5, 0.6) is 0 Å². The van der Waals surface area contributed by atoms with Gasteiger partial charge in [0.2, 0.25) is 0 Å². The zero-order valence-electron chi connectivity index (χ0n) is 13.9. The van der Waals surface area contributed by atoms with Gasteiger partial charge < -0.3 is 0 Å². The van der Waals surface area contributed by atoms with E-state index < -0.39 is 51.0 Å². The first kappa shape index (κ1) is 17.9. The van der Waals surface area contributed by atoms with Crippen LogP contribution in [0.4, 0.5) is 0 Å². The number of fused-ring (bicyclic) bond motifs is 1. The van der Waals surface area contributed by atoms with Crippen molar-refractivity contribution in [1.82, 2.24) is 9.55 Å². The Morgan fingerprint density at radius 3 is 2.62 bits per heavy atom. The summed E-state index contributed by atoms with van der Waals surface area (Å²) in [6.07, 6.45) is -0.249. The first-order valence-electron chi connectivity index (χ1n) is 8.14. The number of H-pyrrole nitrogens is 1. The van der Waals surface area contributed by atoms with Gasteiger partial charge in [0, 0.05) is 0 Å². The van der Waals surface area contributed by atoms with E-state index in [1.54, 1.807) is 0 Å². The molecular weight excluding hydrogens is 456 g/mol. The van der Waals surface area contributed by atoms with Crippen molar-refractivity contribution in [3.05, 3.63) is 63.4 Å². The Morgan fingerprint density at radius 1 is 1.12 bits per heavy atom. The van der Waals surface area contributed by atoms with E-state index in [4.69, 9.17) is 18.9 Å². The molecule has 2 aromatic rings. The molecule has 0 saturated carbocycles. The van der Waals surface area contributed by atoms with Crippen LogP contribution >= 0.6 is 0 Å². The van der Waals surface area contributed by atoms with Gasteiger partial charge >= 0.3 is 159 Å². The van der Waals surface area contributed by atoms with E-state index >= 15 is 0 Å². The average molecular weight is 474 g/mol. The predicted octanol–water partition coefficient (Wildman–Crippen LogP) is -0.404. The van der Waals surface area contributed by atoms with Crippen LogP contribution in [-0.4, -0.2) is 62.4 Å². The molecule has 0 aliphatic carbocycles. The summed E-state index contributed by atoms with van der Waals surface area (Å²) in [6, 6.07) is 11.6. The predicted molar refractivity (Wildman–Crippen MR) is 92.4 cm³/mol. The van der Waals surface area contributed by atoms with Crippen molar-refractivity contribution in [2.45, 2.75) is 35.5 Å². The number of nitrogens with zero attached hydrogens (tertiary/aromatic N) is 1. The van der Waals surface area contributed by atoms with Crippen LogP contribution in [0.2, 0.25) is 4.47 Å². The molecular formula is C17H18N2O6Te. The second-order valence-corrected chi connectivity index (χ2v) is 9.05. The average Bonchev–Trinajstić information content (AvgIpc) is 3.20. The van der Waals surface area contributed by atoms with Crippen LogP contribution in [-0.2, 0) is 18.9 Å². The van der Waals surface area contributed by atoms with Crippen molar-refractivity contribution in [2.24, 2.45) is 0 Å². The number of rotatable bonds is 5. The molecule has 2 fully saturated rings. The summed E-state index contributed by atoms with van der Waals surface area (Å²) in [4.78, 5) is 25.7. The molecule has 0 spiro atoms. The minimum atomic E-state index is -0.783. The Hall–Kier alpha value is -1.47. The van der Waals surface area contributed by atoms with Crippen LogP contribution in [0.25, 0.3) is 0 Å². The Balaban J connectivity index is 1.56. The number of hydrogen-bond donors (Lipinski definition) is 1. The van der Waals surface area contributed by atoms with Gasteiger partial charge in [-0.05, 0) is 0 Å². The van der Waals surface area contributed by atoms with Crippen molar-refractivity contribution in [1.29, 1.82) is 0 Å². The summed E-state index contributed by atoms with van der Waals surface area (Å²) >= 11 is -0.477. The molecule has 2 aliphatic heterocycles. The van der Waals surface area contributed by atoms with Gasteiger partial charge in [0.15, 0.2) is 0 Å². The zero-order chi connectivity index (χ0) is 18.1. The SMILES string of the molecule is COC1O[C@@H]2[C@H](O1)[C@@H](C[Te]c1ccccc1)O[C@H]2n1ccc(=O)[nH]c1=O. The number of benzene rings is 1. The fourth-order valence-electron chi connectivity index (χ4n) is 3.10. The number of ether oxygens (including phenoxy) is 4. The number of hydrogen-bond acceptors (Lipinski definition) is 6. The Labute approximate surface area is 159 Å². The molecule has 2 saturated heterocycles. The van der Waals surface area contributed by atoms with E-state index in [9.17, 15) is 9.59 Å². The van der Waals surface area contributed by atoms with E-state index in [1.807, 2.05) is 18.2 Å². The van der Waals surface area contributed by atoms with Gasteiger partial charge in [-0.1, -0.05) is 0 Å². The van der Waals surface area contributed by atoms with E-state index in [2.05, 4.69) is 17.1 Å². The molecule has 3 heterocycles. The Morgan fingerprint density at radius 2 is 1.88 bits per heavy atom. The second kappa shape index (κ2) is 7.64. The first-order chi connectivity index (χ1) is 12.7. The van der Waals surface area contributed by atoms with Gasteiger partial charge in [0.05, 0.1) is 0 Å². The minimum absolute atomic E-state index is 0.202. The topological polar surface area (TPSA) is 91.8 Å². The van der Waals surface area contributed by atoms with Crippen LogP contribution in [0, 0.1) is 0 Å². The molecule has 1 aromatic heterocycles. The standard InChI is InChI=1S/C17H18N2O6Te/c1-22-17-24-13-11(9-26-10-5-3-2-4-6-10)23-15(14(13)25-17)19-8-7-12(20)18-16(19)21/h2-8,11,13-15,17H,9H2,1H3,(H,18,20,21)/t11-,13-,14-,15-,17?/m1/s1. The molecule has 0 amide bonds. The molecule has 8 nitrogen and oxygen atoms in total. The number of methoxy groups -OCH3 is 1. The van der Waals surface area contributed by atoms with E-state index in [-0.39, 0.29) is 12.2 Å². The van der Waals surface area contributed by atoms with Gasteiger partial charge in [-0.3, -0.25) is 0 Å². The van der Waals surface area contributed by atoms with E-state index in [1.165, 1.54) is 27.6 Å². The van der Waals surface area contributed by atoms with Crippen molar-refractivity contribution in [3.8, 4) is 0 Å². The van der Waals surface area contributed by atoms with Gasteiger partial charge in [0.1, 0.15) is 0 Å². The van der Waals surface area contributed by atoms with Crippen LogP contribution < -0.4 is 14.9 Å². The monoisotopic (exact) mass is 476 g/mol. The van der Waals surface area contributed by atoms with Crippen LogP contribution in [0.3, 0.4) is 0 Å². The van der Waals surface area contributed by atoms with Crippen LogP contribution in [0.1, 0.15) is 6.23 Å². The van der Waals surface area contributed by atoms with Crippen molar-refractivity contribution in [2.75, 3.05) is 7.11 Å². The number of aromatic amines is 1. The summed E-state index contributed by atoms with van der Waals surface area (Å²) < 4.78 is 26.4. The molecule has 1 unspecified atom stereocenters. The van der Waals surface area contributed by atoms with Crippen molar-refractivity contribution < 1.29 is 18.9 Å². The molecule has 138 valence electrons. The maximum atomic E-state index is 12.2. The zero-order valence-corrected chi connectivity index (χ0v) is 16.3. The Kier molecular flexibility index (Phi) is 5.27. The Bertz CT molecular complexity index is 869. The third-order valence-electron chi connectivity index (χ3n) is 4.30. The van der Waals surface area contributed by atoms with E-state index in [0.717, 1.165) is 4.47 Å². The van der Waals surface area contributed by atoms with Crippen molar-refractivity contribution in [3.63, 3.8) is 0 Å². The summed E-state index contributed by atoms with van der Waals surface area (Å²) in [5.41, 5.74) is -0.988. The number of nitrogens with one attached hydrogen (secondary N) is 1. The molecule has 2 aliphatic rings. The fraction of sp³-hybridized carbons (Fsp3) is 0.412. The third kappa shape index (κ3) is 3.51. The summed E-state index contributed by atoms with van der Waals surface area (Å²) in [6.45, 7) is -0.783. The molecule has 26 heavy (non-hydrogen) atoms. The first-order valence-corrected chi connectivity index (χ1v) is 11.0. The second-order valence-electron chi connectivity index (χ2n) is 5.93. The fourth-order valence-corrected chi connectivity index (χ4v) is 5.88. The molecule has 4 rings (SSSR count). The van der Waals surface area contributed by atoms with Gasteiger partial charge in [-0.25, -0.2) is 0 Å². The van der Waals surface area contributed by atoms with Gasteiger partial charge in [0.25, 0.3) is 0 Å². The van der Waals surface area contributed by atoms with Gasteiger partial charge in [-0.2, -0.15) is 0 Å². The van der Waals surface area contributed by atoms with Crippen LogP contribution in [0.15, 0.2) is 52.2 Å². The normalized spacial score (nSPS) is 30.4. The van der Waals surface area contributed by atoms with Crippen molar-refractivity contribution >= 4 is 24.5 Å². The summed E-state index contributed by atoms with van der Waals surface area (Å²) in [5.74, 6) is 0. The third-order valence-corrected chi connectivity index (χ3v) is 7.44. The summed E-state index contributed by atoms with van der Waals surface area (Å²) in [5, 5.41) is 0. The molecule has 0 radical (unpaired) electrons. The molecule has 1 aromatic carbocycles.